The number of anilines is 1. The van der Waals surface area contributed by atoms with Gasteiger partial charge in [0.25, 0.3) is 0 Å². The topological polar surface area (TPSA) is 59.0 Å². The molecule has 26 heavy (non-hydrogen) atoms. The molecule has 0 radical (unpaired) electrons. The minimum atomic E-state index is -0.113. The SMILES string of the molecule is CC(C)(C)c1cc(NC(=O)C2CCNCC2)n(-c2cccc(Cl)c2)n1.Cl. The molecule has 0 bridgehead atoms. The van der Waals surface area contributed by atoms with Gasteiger partial charge in [-0.05, 0) is 44.1 Å². The molecule has 142 valence electrons. The average Bonchev–Trinajstić information content (AvgIpc) is 3.00. The van der Waals surface area contributed by atoms with Crippen LogP contribution < -0.4 is 10.6 Å². The Hall–Kier alpha value is -1.56. The first kappa shape index (κ1) is 20.7. The van der Waals surface area contributed by atoms with E-state index in [1.165, 1.54) is 0 Å². The Morgan fingerprint density at radius 1 is 1.27 bits per heavy atom. The summed E-state index contributed by atoms with van der Waals surface area (Å²) >= 11 is 6.14. The van der Waals surface area contributed by atoms with E-state index in [-0.39, 0.29) is 29.6 Å². The number of nitrogens with zero attached hydrogens (tertiary/aromatic N) is 2. The number of carbonyl (C=O) groups excluding carboxylic acids is 1. The molecular weight excluding hydrogens is 371 g/mol. The van der Waals surface area contributed by atoms with E-state index >= 15 is 0 Å². The summed E-state index contributed by atoms with van der Waals surface area (Å²) in [5.41, 5.74) is 1.65. The lowest BCUT2D eigenvalue weighted by Crippen LogP contribution is -2.35. The van der Waals surface area contributed by atoms with Crippen LogP contribution in [0.15, 0.2) is 30.3 Å². The summed E-state index contributed by atoms with van der Waals surface area (Å²) < 4.78 is 1.77. The number of hydrogen-bond donors (Lipinski definition) is 2. The Kier molecular flexibility index (Phi) is 6.72. The Morgan fingerprint density at radius 2 is 1.96 bits per heavy atom. The largest absolute Gasteiger partial charge is 0.317 e. The third kappa shape index (κ3) is 4.78. The van der Waals surface area contributed by atoms with E-state index in [4.69, 9.17) is 16.7 Å². The molecule has 2 aromatic rings. The van der Waals surface area contributed by atoms with Crippen molar-refractivity contribution >= 4 is 35.7 Å². The normalized spacial score (nSPS) is 15.4. The molecule has 1 aromatic heterocycles. The molecule has 1 amide bonds. The van der Waals surface area contributed by atoms with Crippen LogP contribution in [0.4, 0.5) is 5.82 Å². The molecule has 5 nitrogen and oxygen atoms in total. The molecular formula is C19H26Cl2N4O. The Balaban J connectivity index is 0.00000243. The summed E-state index contributed by atoms with van der Waals surface area (Å²) in [6, 6.07) is 9.45. The number of nitrogens with one attached hydrogen (secondary N) is 2. The molecule has 0 saturated carbocycles. The van der Waals surface area contributed by atoms with Crippen molar-refractivity contribution in [1.82, 2.24) is 15.1 Å². The van der Waals surface area contributed by atoms with Crippen LogP contribution in [0.3, 0.4) is 0 Å². The number of carbonyl (C=O) groups is 1. The Bertz CT molecular complexity index is 761. The van der Waals surface area contributed by atoms with Crippen LogP contribution in [0.2, 0.25) is 5.02 Å². The van der Waals surface area contributed by atoms with Crippen LogP contribution in [0, 0.1) is 5.92 Å². The van der Waals surface area contributed by atoms with E-state index in [0.717, 1.165) is 37.3 Å². The number of hydrogen-bond acceptors (Lipinski definition) is 3. The second-order valence-electron chi connectivity index (χ2n) is 7.57. The van der Waals surface area contributed by atoms with Crippen molar-refractivity contribution < 1.29 is 4.79 Å². The lowest BCUT2D eigenvalue weighted by atomic mass is 9.92. The maximum Gasteiger partial charge on any atom is 0.228 e. The molecule has 2 heterocycles. The zero-order chi connectivity index (χ0) is 18.0. The van der Waals surface area contributed by atoms with E-state index in [9.17, 15) is 4.79 Å². The Labute approximate surface area is 165 Å². The molecule has 1 aliphatic heterocycles. The molecule has 3 rings (SSSR count). The summed E-state index contributed by atoms with van der Waals surface area (Å²) in [6.07, 6.45) is 1.73. The van der Waals surface area contributed by atoms with Gasteiger partial charge in [-0.25, -0.2) is 4.68 Å². The first-order valence-electron chi connectivity index (χ1n) is 8.72. The monoisotopic (exact) mass is 396 g/mol. The third-order valence-corrected chi connectivity index (χ3v) is 4.73. The minimum Gasteiger partial charge on any atom is -0.317 e. The van der Waals surface area contributed by atoms with Crippen molar-refractivity contribution in [3.05, 3.63) is 41.0 Å². The summed E-state index contributed by atoms with van der Waals surface area (Å²) in [7, 11) is 0. The molecule has 1 aromatic carbocycles. The molecule has 0 aliphatic carbocycles. The van der Waals surface area contributed by atoms with Crippen LogP contribution in [0.1, 0.15) is 39.3 Å². The summed E-state index contributed by atoms with van der Waals surface area (Å²) in [6.45, 7) is 8.10. The van der Waals surface area contributed by atoms with Crippen LogP contribution in [0.5, 0.6) is 0 Å². The average molecular weight is 397 g/mol. The van der Waals surface area contributed by atoms with Crippen molar-refractivity contribution in [3.8, 4) is 5.69 Å². The smallest absolute Gasteiger partial charge is 0.228 e. The van der Waals surface area contributed by atoms with Crippen molar-refractivity contribution in [1.29, 1.82) is 0 Å². The standard InChI is InChI=1S/C19H25ClN4O.ClH/c1-19(2,3)16-12-17(22-18(25)13-7-9-21-10-8-13)24(23-16)15-6-4-5-14(20)11-15;/h4-6,11-13,21H,7-10H2,1-3H3,(H,22,25);1H. The molecule has 1 saturated heterocycles. The number of amides is 1. The van der Waals surface area contributed by atoms with Gasteiger partial charge in [-0.3, -0.25) is 4.79 Å². The lowest BCUT2D eigenvalue weighted by molar-refractivity contribution is -0.120. The number of piperidine rings is 1. The number of benzene rings is 1. The van der Waals surface area contributed by atoms with Gasteiger partial charge >= 0.3 is 0 Å². The maximum absolute atomic E-state index is 12.7. The lowest BCUT2D eigenvalue weighted by Gasteiger charge is -2.21. The summed E-state index contributed by atoms with van der Waals surface area (Å²) in [5.74, 6) is 0.794. The zero-order valence-corrected chi connectivity index (χ0v) is 17.0. The van der Waals surface area contributed by atoms with Crippen molar-refractivity contribution in [2.45, 2.75) is 39.0 Å². The predicted octanol–water partition coefficient (Wildman–Crippen LogP) is 4.18. The third-order valence-electron chi connectivity index (χ3n) is 4.49. The van der Waals surface area contributed by atoms with E-state index in [1.54, 1.807) is 4.68 Å². The number of halogens is 2. The highest BCUT2D eigenvalue weighted by Crippen LogP contribution is 2.28. The zero-order valence-electron chi connectivity index (χ0n) is 15.4. The molecule has 0 unspecified atom stereocenters. The second-order valence-corrected chi connectivity index (χ2v) is 8.01. The Morgan fingerprint density at radius 3 is 2.58 bits per heavy atom. The van der Waals surface area contributed by atoms with Gasteiger partial charge in [-0.15, -0.1) is 12.4 Å². The second kappa shape index (κ2) is 8.42. The fourth-order valence-electron chi connectivity index (χ4n) is 2.95. The van der Waals surface area contributed by atoms with Gasteiger partial charge < -0.3 is 10.6 Å². The summed E-state index contributed by atoms with van der Waals surface area (Å²) in [5, 5.41) is 11.7. The maximum atomic E-state index is 12.7. The quantitative estimate of drug-likeness (QED) is 0.817. The van der Waals surface area contributed by atoms with Gasteiger partial charge in [-0.1, -0.05) is 38.4 Å². The molecule has 2 N–H and O–H groups in total. The highest BCUT2D eigenvalue weighted by molar-refractivity contribution is 6.30. The molecule has 1 aliphatic rings. The van der Waals surface area contributed by atoms with E-state index < -0.39 is 0 Å². The highest BCUT2D eigenvalue weighted by atomic mass is 35.5. The fourth-order valence-corrected chi connectivity index (χ4v) is 3.14. The van der Waals surface area contributed by atoms with E-state index in [1.807, 2.05) is 30.3 Å². The van der Waals surface area contributed by atoms with Gasteiger partial charge in [0.05, 0.1) is 11.4 Å². The van der Waals surface area contributed by atoms with Gasteiger partial charge in [0.1, 0.15) is 5.82 Å². The number of aromatic nitrogens is 2. The first-order valence-corrected chi connectivity index (χ1v) is 9.10. The van der Waals surface area contributed by atoms with E-state index in [0.29, 0.717) is 10.8 Å². The van der Waals surface area contributed by atoms with Crippen LogP contribution in [-0.4, -0.2) is 28.8 Å². The molecule has 7 heteroatoms. The highest BCUT2D eigenvalue weighted by Gasteiger charge is 2.25. The van der Waals surface area contributed by atoms with Crippen molar-refractivity contribution in [3.63, 3.8) is 0 Å². The molecule has 0 spiro atoms. The van der Waals surface area contributed by atoms with Crippen LogP contribution in [0.25, 0.3) is 5.69 Å². The fraction of sp³-hybridized carbons (Fsp3) is 0.474. The van der Waals surface area contributed by atoms with Gasteiger partial charge in [0, 0.05) is 22.4 Å². The predicted molar refractivity (Wildman–Crippen MR) is 109 cm³/mol. The summed E-state index contributed by atoms with van der Waals surface area (Å²) in [4.78, 5) is 12.7. The van der Waals surface area contributed by atoms with Crippen LogP contribution in [-0.2, 0) is 10.2 Å². The van der Waals surface area contributed by atoms with Gasteiger partial charge in [0.15, 0.2) is 0 Å². The number of rotatable bonds is 3. The van der Waals surface area contributed by atoms with Gasteiger partial charge in [-0.2, -0.15) is 5.10 Å². The minimum absolute atomic E-state index is 0. The van der Waals surface area contributed by atoms with E-state index in [2.05, 4.69) is 31.4 Å². The van der Waals surface area contributed by atoms with Gasteiger partial charge in [0.2, 0.25) is 5.91 Å². The van der Waals surface area contributed by atoms with Crippen molar-refractivity contribution in [2.75, 3.05) is 18.4 Å². The molecule has 0 atom stereocenters. The van der Waals surface area contributed by atoms with Crippen LogP contribution >= 0.6 is 24.0 Å². The van der Waals surface area contributed by atoms with Crippen molar-refractivity contribution in [2.24, 2.45) is 5.92 Å². The first-order chi connectivity index (χ1) is 11.8. The molecule has 1 fully saturated rings.